The number of pyridine rings is 1. The first-order valence-corrected chi connectivity index (χ1v) is 9.09. The van der Waals surface area contributed by atoms with Gasteiger partial charge in [-0.05, 0) is 25.2 Å². The summed E-state index contributed by atoms with van der Waals surface area (Å²) in [6.45, 7) is 9.90. The molecule has 1 aromatic heterocycles. The minimum absolute atomic E-state index is 0.240. The molecule has 3 rings (SSSR count). The molecule has 1 aromatic rings. The molecule has 0 aromatic carbocycles. The topological polar surface area (TPSA) is 58.4 Å². The Morgan fingerprint density at radius 2 is 2.04 bits per heavy atom. The minimum Gasteiger partial charge on any atom is -0.378 e. The van der Waals surface area contributed by atoms with Crippen LogP contribution in [-0.2, 0) is 22.5 Å². The fourth-order valence-corrected chi connectivity index (χ4v) is 3.86. The van der Waals surface area contributed by atoms with Crippen molar-refractivity contribution in [3.05, 3.63) is 16.7 Å². The largest absolute Gasteiger partial charge is 0.378 e. The van der Waals surface area contributed by atoms with E-state index >= 15 is 0 Å². The molecule has 0 amide bonds. The highest BCUT2D eigenvalue weighted by Crippen LogP contribution is 2.38. The van der Waals surface area contributed by atoms with Gasteiger partial charge in [0, 0.05) is 25.1 Å². The Hall–Kier alpha value is -1.29. The molecule has 0 unspecified atom stereocenters. The van der Waals surface area contributed by atoms with Gasteiger partial charge in [0.15, 0.2) is 0 Å². The van der Waals surface area contributed by atoms with Crippen molar-refractivity contribution in [1.29, 1.82) is 5.26 Å². The maximum absolute atomic E-state index is 9.69. The first-order chi connectivity index (χ1) is 11.1. The lowest BCUT2D eigenvalue weighted by Crippen LogP contribution is -2.39. The number of anilines is 1. The molecular formula is C17H23N3O2S. The lowest BCUT2D eigenvalue weighted by atomic mass is 9.89. The lowest BCUT2D eigenvalue weighted by molar-refractivity contribution is -0.0402. The van der Waals surface area contributed by atoms with E-state index in [9.17, 15) is 5.26 Å². The first kappa shape index (κ1) is 16.6. The molecule has 0 spiro atoms. The number of thioether (sulfide) groups is 1. The number of nitriles is 1. The smallest absolute Gasteiger partial charge is 0.135 e. The van der Waals surface area contributed by atoms with Crippen molar-refractivity contribution < 1.29 is 9.47 Å². The Morgan fingerprint density at radius 3 is 2.70 bits per heavy atom. The molecular weight excluding hydrogens is 310 g/mol. The van der Waals surface area contributed by atoms with Crippen LogP contribution in [0.4, 0.5) is 5.82 Å². The van der Waals surface area contributed by atoms with Crippen LogP contribution in [-0.4, -0.2) is 42.6 Å². The van der Waals surface area contributed by atoms with Crippen LogP contribution in [0.2, 0.25) is 0 Å². The second-order valence-electron chi connectivity index (χ2n) is 6.44. The molecule has 6 heteroatoms. The van der Waals surface area contributed by atoms with Gasteiger partial charge < -0.3 is 14.4 Å². The molecule has 3 heterocycles. The molecule has 2 aliphatic heterocycles. The van der Waals surface area contributed by atoms with Crippen molar-refractivity contribution in [2.45, 2.75) is 44.4 Å². The van der Waals surface area contributed by atoms with Gasteiger partial charge in [-0.25, -0.2) is 4.98 Å². The number of fused-ring (bicyclic) bond motifs is 1. The van der Waals surface area contributed by atoms with E-state index in [-0.39, 0.29) is 5.60 Å². The predicted molar refractivity (Wildman–Crippen MR) is 91.0 cm³/mol. The van der Waals surface area contributed by atoms with Crippen LogP contribution in [0, 0.1) is 11.3 Å². The monoisotopic (exact) mass is 333 g/mol. The summed E-state index contributed by atoms with van der Waals surface area (Å²) >= 11 is 1.65. The van der Waals surface area contributed by atoms with Gasteiger partial charge in [-0.3, -0.25) is 0 Å². The van der Waals surface area contributed by atoms with Gasteiger partial charge in [0.05, 0.1) is 31.0 Å². The average Bonchev–Trinajstić information content (AvgIpc) is 2.54. The summed E-state index contributed by atoms with van der Waals surface area (Å²) in [5.74, 6) is 1.89. The van der Waals surface area contributed by atoms with Gasteiger partial charge in [-0.15, -0.1) is 11.8 Å². The van der Waals surface area contributed by atoms with Crippen molar-refractivity contribution in [3.63, 3.8) is 0 Å². The van der Waals surface area contributed by atoms with Gasteiger partial charge in [-0.1, -0.05) is 6.92 Å². The maximum Gasteiger partial charge on any atom is 0.135 e. The molecule has 0 saturated carbocycles. The minimum atomic E-state index is -0.240. The Kier molecular flexibility index (Phi) is 4.81. The zero-order valence-corrected chi connectivity index (χ0v) is 14.8. The van der Waals surface area contributed by atoms with Crippen molar-refractivity contribution in [1.82, 2.24) is 4.98 Å². The summed E-state index contributed by atoms with van der Waals surface area (Å²) in [6, 6.07) is 2.39. The number of nitrogens with zero attached hydrogens (tertiary/aromatic N) is 3. The van der Waals surface area contributed by atoms with Crippen LogP contribution in [0.1, 0.15) is 37.5 Å². The van der Waals surface area contributed by atoms with Crippen molar-refractivity contribution >= 4 is 17.6 Å². The van der Waals surface area contributed by atoms with Crippen molar-refractivity contribution in [2.24, 2.45) is 0 Å². The molecule has 0 atom stereocenters. The number of aromatic nitrogens is 1. The van der Waals surface area contributed by atoms with Crippen LogP contribution < -0.4 is 4.90 Å². The molecule has 5 nitrogen and oxygen atoms in total. The van der Waals surface area contributed by atoms with E-state index in [0.29, 0.717) is 6.61 Å². The predicted octanol–water partition coefficient (Wildman–Crippen LogP) is 2.75. The molecule has 124 valence electrons. The molecule has 1 fully saturated rings. The van der Waals surface area contributed by atoms with Gasteiger partial charge in [-0.2, -0.15) is 5.26 Å². The third-order valence-corrected chi connectivity index (χ3v) is 5.13. The molecule has 23 heavy (non-hydrogen) atoms. The first-order valence-electron chi connectivity index (χ1n) is 8.11. The number of ether oxygens (including phenoxy) is 2. The molecule has 0 bridgehead atoms. The molecule has 0 N–H and O–H groups in total. The zero-order chi connectivity index (χ0) is 16.4. The highest BCUT2D eigenvalue weighted by atomic mass is 32.2. The number of morpholine rings is 1. The molecule has 0 aliphatic carbocycles. The van der Waals surface area contributed by atoms with E-state index in [0.717, 1.165) is 66.0 Å². The average molecular weight is 333 g/mol. The standard InChI is InChI=1S/C17H23N3O2S/c1-4-23-16-13(10-18)12-9-17(2,3)22-11-14(12)15(19-16)20-5-7-21-8-6-20/h4-9,11H2,1-3H3. The fourth-order valence-electron chi connectivity index (χ4n) is 3.12. The molecule has 2 aliphatic rings. The molecule has 0 radical (unpaired) electrons. The van der Waals surface area contributed by atoms with Crippen LogP contribution in [0.5, 0.6) is 0 Å². The number of hydrogen-bond acceptors (Lipinski definition) is 6. The van der Waals surface area contributed by atoms with Crippen LogP contribution >= 0.6 is 11.8 Å². The normalized spacial score (nSPS) is 20.0. The van der Waals surface area contributed by atoms with Gasteiger partial charge in [0.2, 0.25) is 0 Å². The summed E-state index contributed by atoms with van der Waals surface area (Å²) in [5, 5.41) is 10.5. The van der Waals surface area contributed by atoms with Crippen molar-refractivity contribution in [2.75, 3.05) is 37.0 Å². The summed E-state index contributed by atoms with van der Waals surface area (Å²) in [7, 11) is 0. The Morgan fingerprint density at radius 1 is 1.30 bits per heavy atom. The lowest BCUT2D eigenvalue weighted by Gasteiger charge is -2.36. The van der Waals surface area contributed by atoms with Gasteiger partial charge >= 0.3 is 0 Å². The van der Waals surface area contributed by atoms with Crippen LogP contribution in [0.15, 0.2) is 5.03 Å². The Balaban J connectivity index is 2.12. The van der Waals surface area contributed by atoms with Crippen LogP contribution in [0.25, 0.3) is 0 Å². The summed E-state index contributed by atoms with van der Waals surface area (Å²) in [4.78, 5) is 7.12. The number of rotatable bonds is 3. The van der Waals surface area contributed by atoms with E-state index in [4.69, 9.17) is 14.5 Å². The van der Waals surface area contributed by atoms with Gasteiger partial charge in [0.25, 0.3) is 0 Å². The van der Waals surface area contributed by atoms with Gasteiger partial charge in [0.1, 0.15) is 16.9 Å². The fraction of sp³-hybridized carbons (Fsp3) is 0.647. The quantitative estimate of drug-likeness (QED) is 0.793. The molecule has 1 saturated heterocycles. The van der Waals surface area contributed by atoms with Crippen LogP contribution in [0.3, 0.4) is 0 Å². The highest BCUT2D eigenvalue weighted by Gasteiger charge is 2.33. The zero-order valence-electron chi connectivity index (χ0n) is 14.0. The highest BCUT2D eigenvalue weighted by molar-refractivity contribution is 7.99. The summed E-state index contributed by atoms with van der Waals surface area (Å²) in [5.41, 5.74) is 2.70. The Labute approximate surface area is 142 Å². The van der Waals surface area contributed by atoms with E-state index in [1.165, 1.54) is 0 Å². The summed E-state index contributed by atoms with van der Waals surface area (Å²) in [6.07, 6.45) is 0.752. The third-order valence-electron chi connectivity index (χ3n) is 4.27. The summed E-state index contributed by atoms with van der Waals surface area (Å²) < 4.78 is 11.5. The SMILES string of the molecule is CCSc1nc(N2CCOCC2)c2c(c1C#N)CC(C)(C)OC2. The number of hydrogen-bond donors (Lipinski definition) is 0. The third kappa shape index (κ3) is 3.32. The van der Waals surface area contributed by atoms with E-state index < -0.39 is 0 Å². The van der Waals surface area contributed by atoms with Crippen molar-refractivity contribution in [3.8, 4) is 6.07 Å². The van der Waals surface area contributed by atoms with E-state index in [2.05, 4.69) is 31.7 Å². The Bertz CT molecular complexity index is 634. The maximum atomic E-state index is 9.69. The second-order valence-corrected chi connectivity index (χ2v) is 7.69. The van der Waals surface area contributed by atoms with E-state index in [1.807, 2.05) is 0 Å². The second kappa shape index (κ2) is 6.68. The van der Waals surface area contributed by atoms with E-state index in [1.54, 1.807) is 11.8 Å².